The molecular weight excluding hydrogens is 309 g/mol. The monoisotopic (exact) mass is 317 g/mol. The van der Waals surface area contributed by atoms with Gasteiger partial charge >= 0.3 is 0 Å². The van der Waals surface area contributed by atoms with Crippen LogP contribution in [0, 0.1) is 22.5 Å². The van der Waals surface area contributed by atoms with E-state index in [0.717, 1.165) is 6.07 Å². The summed E-state index contributed by atoms with van der Waals surface area (Å²) >= 11 is 3.23. The van der Waals surface area contributed by atoms with Crippen LogP contribution in [0.15, 0.2) is 18.2 Å². The molecule has 2 atom stereocenters. The molecule has 0 spiro atoms. The highest BCUT2D eigenvalue weighted by Gasteiger charge is 2.27. The van der Waals surface area contributed by atoms with E-state index < -0.39 is 15.8 Å². The highest BCUT2D eigenvalue weighted by molar-refractivity contribution is 9.09. The van der Waals surface area contributed by atoms with Crippen molar-refractivity contribution >= 4 is 21.6 Å². The average Bonchev–Trinajstić information content (AvgIpc) is 2.34. The van der Waals surface area contributed by atoms with Crippen molar-refractivity contribution in [3.8, 4) is 5.75 Å². The molecule has 7 heteroatoms. The molecule has 0 aromatic heterocycles. The van der Waals surface area contributed by atoms with Crippen LogP contribution in [0.4, 0.5) is 10.1 Å². The highest BCUT2D eigenvalue weighted by Crippen LogP contribution is 2.29. The Kier molecular flexibility index (Phi) is 4.13. The molecule has 1 heterocycles. The Morgan fingerprint density at radius 2 is 2.39 bits per heavy atom. The normalized spacial score (nSPS) is 23.7. The molecule has 2 radical (unpaired) electrons. The lowest BCUT2D eigenvalue weighted by atomic mass is 10.2. The Hall–Kier alpha value is -1.21. The van der Waals surface area contributed by atoms with Crippen LogP contribution in [0.25, 0.3) is 0 Å². The zero-order chi connectivity index (χ0) is 13.1. The van der Waals surface area contributed by atoms with Crippen molar-refractivity contribution < 1.29 is 18.8 Å². The maximum Gasteiger partial charge on any atom is 0.272 e. The lowest BCUT2D eigenvalue weighted by molar-refractivity contribution is -0.385. The van der Waals surface area contributed by atoms with Gasteiger partial charge < -0.3 is 9.47 Å². The summed E-state index contributed by atoms with van der Waals surface area (Å²) in [5, 5.41) is 10.1. The molecule has 1 aromatic rings. The number of benzene rings is 1. The summed E-state index contributed by atoms with van der Waals surface area (Å²) in [5.74, 6) is -0.789. The van der Waals surface area contributed by atoms with Gasteiger partial charge in [-0.05, 0) is 18.9 Å². The first-order valence-corrected chi connectivity index (χ1v) is 6.12. The fourth-order valence-corrected chi connectivity index (χ4v) is 2.03. The van der Waals surface area contributed by atoms with Gasteiger partial charge in [0.1, 0.15) is 17.7 Å². The van der Waals surface area contributed by atoms with Crippen LogP contribution in [-0.2, 0) is 4.74 Å². The van der Waals surface area contributed by atoms with Gasteiger partial charge in [-0.1, -0.05) is 15.9 Å². The van der Waals surface area contributed by atoms with E-state index in [1.54, 1.807) is 0 Å². The standard InChI is InChI=1S/C11H9BrFNO4/c12-11-10(2-1-5-17-11)18-9-4-3-7(14(15)16)6-8(9)13/h3-4,6,10-11H,1-2H2. The number of rotatable bonds is 3. The molecule has 5 nitrogen and oxygen atoms in total. The third kappa shape index (κ3) is 2.97. The van der Waals surface area contributed by atoms with Crippen LogP contribution in [0.2, 0.25) is 0 Å². The summed E-state index contributed by atoms with van der Waals surface area (Å²) in [4.78, 5) is 9.81. The van der Waals surface area contributed by atoms with Crippen molar-refractivity contribution in [3.63, 3.8) is 0 Å². The summed E-state index contributed by atoms with van der Waals surface area (Å²) < 4.78 is 24.1. The number of halogens is 2. The van der Waals surface area contributed by atoms with Gasteiger partial charge in [0.25, 0.3) is 5.69 Å². The van der Waals surface area contributed by atoms with Gasteiger partial charge in [0, 0.05) is 6.07 Å². The Balaban J connectivity index is 2.11. The van der Waals surface area contributed by atoms with E-state index in [0.29, 0.717) is 12.8 Å². The number of alkyl halides is 1. The Labute approximate surface area is 111 Å². The molecule has 1 aliphatic rings. The van der Waals surface area contributed by atoms with Crippen molar-refractivity contribution in [2.24, 2.45) is 0 Å². The van der Waals surface area contributed by atoms with Crippen LogP contribution >= 0.6 is 15.9 Å². The number of nitro groups is 1. The number of nitrogens with zero attached hydrogens (tertiary/aromatic N) is 1. The quantitative estimate of drug-likeness (QED) is 0.488. The zero-order valence-corrected chi connectivity index (χ0v) is 10.7. The predicted molar refractivity (Wildman–Crippen MR) is 63.7 cm³/mol. The molecule has 1 aliphatic heterocycles. The molecule has 0 N–H and O–H groups in total. The van der Waals surface area contributed by atoms with Crippen LogP contribution < -0.4 is 4.74 Å². The minimum atomic E-state index is -0.762. The molecule has 1 aromatic carbocycles. The smallest absolute Gasteiger partial charge is 0.272 e. The second-order valence-corrected chi connectivity index (χ2v) is 4.58. The molecule has 2 unspecified atom stereocenters. The van der Waals surface area contributed by atoms with Crippen molar-refractivity contribution in [3.05, 3.63) is 40.7 Å². The summed E-state index contributed by atoms with van der Waals surface area (Å²) in [6, 6.07) is 3.28. The molecule has 0 bridgehead atoms. The third-order valence-electron chi connectivity index (χ3n) is 2.42. The fraction of sp³-hybridized carbons (Fsp3) is 0.364. The predicted octanol–water partition coefficient (Wildman–Crippen LogP) is 3.05. The topological polar surface area (TPSA) is 61.6 Å². The van der Waals surface area contributed by atoms with Crippen LogP contribution in [-0.4, -0.2) is 16.0 Å². The summed E-state index contributed by atoms with van der Waals surface area (Å²) in [6.07, 6.45) is 0.857. The first-order chi connectivity index (χ1) is 8.58. The fourth-order valence-electron chi connectivity index (χ4n) is 1.52. The first kappa shape index (κ1) is 13.2. The molecule has 96 valence electrons. The van der Waals surface area contributed by atoms with E-state index in [-0.39, 0.29) is 17.5 Å². The van der Waals surface area contributed by atoms with E-state index in [4.69, 9.17) is 9.47 Å². The number of hydrogen-bond acceptors (Lipinski definition) is 4. The van der Waals surface area contributed by atoms with E-state index in [9.17, 15) is 14.5 Å². The second-order valence-electron chi connectivity index (χ2n) is 3.68. The lowest BCUT2D eigenvalue weighted by Crippen LogP contribution is -2.32. The minimum Gasteiger partial charge on any atom is -0.484 e. The summed E-state index contributed by atoms with van der Waals surface area (Å²) in [5.41, 5.74) is -0.309. The van der Waals surface area contributed by atoms with Crippen molar-refractivity contribution in [1.29, 1.82) is 0 Å². The molecule has 1 fully saturated rings. The van der Waals surface area contributed by atoms with E-state index >= 15 is 0 Å². The number of hydrogen-bond donors (Lipinski definition) is 0. The molecule has 0 amide bonds. The van der Waals surface area contributed by atoms with Gasteiger partial charge in [0.15, 0.2) is 11.6 Å². The summed E-state index contributed by atoms with van der Waals surface area (Å²) in [6.45, 7) is 2.68. The zero-order valence-electron chi connectivity index (χ0n) is 9.14. The van der Waals surface area contributed by atoms with E-state index in [1.807, 2.05) is 0 Å². The van der Waals surface area contributed by atoms with Crippen LogP contribution in [0.5, 0.6) is 5.75 Å². The average molecular weight is 318 g/mol. The number of non-ortho nitro benzene ring substituents is 1. The maximum atomic E-state index is 13.6. The molecule has 18 heavy (non-hydrogen) atoms. The first-order valence-electron chi connectivity index (χ1n) is 5.21. The van der Waals surface area contributed by atoms with Crippen LogP contribution in [0.3, 0.4) is 0 Å². The van der Waals surface area contributed by atoms with E-state index in [2.05, 4.69) is 22.5 Å². The molecular formula is C11H9BrFNO4. The van der Waals surface area contributed by atoms with Gasteiger partial charge in [-0.15, -0.1) is 0 Å². The third-order valence-corrected chi connectivity index (χ3v) is 3.20. The van der Waals surface area contributed by atoms with Crippen LogP contribution in [0.1, 0.15) is 12.8 Å². The molecule has 0 aliphatic carbocycles. The lowest BCUT2D eigenvalue weighted by Gasteiger charge is -2.27. The number of nitro benzene ring substituents is 1. The Morgan fingerprint density at radius 3 is 3.00 bits per heavy atom. The molecule has 2 rings (SSSR count). The molecule has 1 saturated heterocycles. The Bertz CT molecular complexity index is 457. The van der Waals surface area contributed by atoms with Gasteiger partial charge in [-0.3, -0.25) is 10.1 Å². The SMILES string of the molecule is O=[N+]([O-])c1ccc(OC2CC[C]OC2Br)c(F)c1. The van der Waals surface area contributed by atoms with Gasteiger partial charge in [-0.2, -0.15) is 0 Å². The van der Waals surface area contributed by atoms with Gasteiger partial charge in [0.05, 0.1) is 11.0 Å². The maximum absolute atomic E-state index is 13.6. The van der Waals surface area contributed by atoms with Crippen molar-refractivity contribution in [2.45, 2.75) is 24.0 Å². The number of ether oxygens (including phenoxy) is 2. The largest absolute Gasteiger partial charge is 0.484 e. The highest BCUT2D eigenvalue weighted by atomic mass is 79.9. The minimum absolute atomic E-state index is 0.0273. The summed E-state index contributed by atoms with van der Waals surface area (Å²) in [7, 11) is 0. The van der Waals surface area contributed by atoms with E-state index in [1.165, 1.54) is 12.1 Å². The van der Waals surface area contributed by atoms with Crippen molar-refractivity contribution in [1.82, 2.24) is 0 Å². The van der Waals surface area contributed by atoms with Crippen molar-refractivity contribution in [2.75, 3.05) is 0 Å². The van der Waals surface area contributed by atoms with Gasteiger partial charge in [0.2, 0.25) is 0 Å². The Morgan fingerprint density at radius 1 is 1.61 bits per heavy atom. The second kappa shape index (κ2) is 5.62. The molecule has 0 saturated carbocycles. The van der Waals surface area contributed by atoms with Gasteiger partial charge in [-0.25, -0.2) is 4.39 Å².